The largest absolute Gasteiger partial charge is 0.508 e. The van der Waals surface area contributed by atoms with E-state index in [-0.39, 0.29) is 16.9 Å². The summed E-state index contributed by atoms with van der Waals surface area (Å²) in [5.74, 6) is 0.0328. The van der Waals surface area contributed by atoms with Crippen LogP contribution in [0.4, 0.5) is 5.69 Å². The fraction of sp³-hybridized carbons (Fsp3) is 0.105. The minimum Gasteiger partial charge on any atom is -0.508 e. The number of hydrogen-bond acceptors (Lipinski definition) is 5. The smallest absolute Gasteiger partial charge is 0.237 e. The molecular formula is C19H17N3O2S. The third-order valence-corrected chi connectivity index (χ3v) is 4.55. The van der Waals surface area contributed by atoms with E-state index < -0.39 is 0 Å². The summed E-state index contributed by atoms with van der Waals surface area (Å²) in [7, 11) is 0. The molecule has 1 aromatic heterocycles. The van der Waals surface area contributed by atoms with E-state index in [4.69, 9.17) is 0 Å². The summed E-state index contributed by atoms with van der Waals surface area (Å²) in [6, 6.07) is 18.1. The summed E-state index contributed by atoms with van der Waals surface area (Å²) >= 11 is 1.37. The van der Waals surface area contributed by atoms with Gasteiger partial charge < -0.3 is 10.4 Å². The van der Waals surface area contributed by atoms with Crippen molar-refractivity contribution in [1.82, 2.24) is 9.97 Å². The minimum absolute atomic E-state index is 0.129. The van der Waals surface area contributed by atoms with Gasteiger partial charge in [0.05, 0.1) is 10.9 Å². The summed E-state index contributed by atoms with van der Waals surface area (Å²) in [6.45, 7) is 1.82. The fourth-order valence-corrected chi connectivity index (χ4v) is 3.01. The van der Waals surface area contributed by atoms with Gasteiger partial charge in [-0.1, -0.05) is 42.1 Å². The Balaban J connectivity index is 1.67. The molecule has 2 N–H and O–H groups in total. The van der Waals surface area contributed by atoms with Crippen molar-refractivity contribution in [3.63, 3.8) is 0 Å². The molecule has 1 atom stereocenters. The molecule has 0 bridgehead atoms. The summed E-state index contributed by atoms with van der Waals surface area (Å²) in [5, 5.41) is 12.5. The minimum atomic E-state index is -0.327. The van der Waals surface area contributed by atoms with E-state index in [1.54, 1.807) is 12.1 Å². The maximum absolute atomic E-state index is 12.3. The molecule has 0 aliphatic carbocycles. The average molecular weight is 351 g/mol. The number of nitrogens with one attached hydrogen (secondary N) is 1. The molecule has 0 aliphatic rings. The fourth-order valence-electron chi connectivity index (χ4n) is 2.19. The first-order valence-electron chi connectivity index (χ1n) is 7.76. The van der Waals surface area contributed by atoms with Crippen molar-refractivity contribution in [1.29, 1.82) is 0 Å². The molecule has 0 fully saturated rings. The number of thioether (sulfide) groups is 1. The van der Waals surface area contributed by atoms with E-state index in [2.05, 4.69) is 15.3 Å². The molecule has 5 nitrogen and oxygen atoms in total. The van der Waals surface area contributed by atoms with Crippen LogP contribution in [0.25, 0.3) is 11.3 Å². The second-order valence-corrected chi connectivity index (χ2v) is 6.76. The number of anilines is 1. The lowest BCUT2D eigenvalue weighted by Crippen LogP contribution is -2.22. The second-order valence-electron chi connectivity index (χ2n) is 5.40. The number of rotatable bonds is 5. The molecular weight excluding hydrogens is 334 g/mol. The Bertz CT molecular complexity index is 854. The standard InChI is InChI=1S/C19H17N3O2S/c1-13(19(24)22-15-7-9-16(23)10-8-15)25-18-11-17(20-12-21-18)14-5-3-2-4-6-14/h2-13,23H,1H3,(H,22,24)/t13-/m1/s1. The number of aromatic nitrogens is 2. The number of benzene rings is 2. The summed E-state index contributed by atoms with van der Waals surface area (Å²) in [5.41, 5.74) is 2.47. The van der Waals surface area contributed by atoms with Gasteiger partial charge in [0.1, 0.15) is 17.1 Å². The SMILES string of the molecule is C[C@@H](Sc1cc(-c2ccccc2)ncn1)C(=O)Nc1ccc(O)cc1. The van der Waals surface area contributed by atoms with Gasteiger partial charge in [0, 0.05) is 11.3 Å². The first-order valence-corrected chi connectivity index (χ1v) is 8.64. The monoisotopic (exact) mass is 351 g/mol. The maximum Gasteiger partial charge on any atom is 0.237 e. The first kappa shape index (κ1) is 17.0. The highest BCUT2D eigenvalue weighted by molar-refractivity contribution is 8.00. The molecule has 126 valence electrons. The molecule has 1 heterocycles. The number of carbonyl (C=O) groups is 1. The number of phenolic OH excluding ortho intramolecular Hbond substituents is 1. The quantitative estimate of drug-likeness (QED) is 0.413. The molecule has 25 heavy (non-hydrogen) atoms. The van der Waals surface area contributed by atoms with E-state index >= 15 is 0 Å². The van der Waals surface area contributed by atoms with Crippen LogP contribution in [0.2, 0.25) is 0 Å². The average Bonchev–Trinajstić information content (AvgIpc) is 2.64. The Morgan fingerprint density at radius 1 is 1.08 bits per heavy atom. The Kier molecular flexibility index (Phi) is 5.30. The summed E-state index contributed by atoms with van der Waals surface area (Å²) in [4.78, 5) is 20.9. The Morgan fingerprint density at radius 2 is 1.80 bits per heavy atom. The van der Waals surface area contributed by atoms with Gasteiger partial charge in [0.25, 0.3) is 0 Å². The number of amides is 1. The van der Waals surface area contributed by atoms with Crippen LogP contribution in [0.5, 0.6) is 5.75 Å². The number of hydrogen-bond donors (Lipinski definition) is 2. The van der Waals surface area contributed by atoms with Gasteiger partial charge in [-0.3, -0.25) is 4.79 Å². The number of phenols is 1. The van der Waals surface area contributed by atoms with Crippen LogP contribution in [0.15, 0.2) is 72.0 Å². The Morgan fingerprint density at radius 3 is 2.52 bits per heavy atom. The van der Waals surface area contributed by atoms with Gasteiger partial charge in [0.15, 0.2) is 0 Å². The molecule has 3 aromatic rings. The lowest BCUT2D eigenvalue weighted by atomic mass is 10.1. The Hall–Kier alpha value is -2.86. The Labute approximate surface area is 150 Å². The van der Waals surface area contributed by atoms with Gasteiger partial charge in [0.2, 0.25) is 5.91 Å². The molecule has 1 amide bonds. The molecule has 0 radical (unpaired) electrons. The zero-order valence-electron chi connectivity index (χ0n) is 13.6. The van der Waals surface area contributed by atoms with Crippen molar-refractivity contribution in [2.24, 2.45) is 0 Å². The zero-order chi connectivity index (χ0) is 17.6. The highest BCUT2D eigenvalue weighted by Gasteiger charge is 2.16. The molecule has 0 saturated carbocycles. The van der Waals surface area contributed by atoms with Crippen LogP contribution in [0.1, 0.15) is 6.92 Å². The van der Waals surface area contributed by atoms with Gasteiger partial charge >= 0.3 is 0 Å². The zero-order valence-corrected chi connectivity index (χ0v) is 14.4. The predicted molar refractivity (Wildman–Crippen MR) is 99.5 cm³/mol. The molecule has 3 rings (SSSR count). The van der Waals surface area contributed by atoms with Crippen molar-refractivity contribution in [2.75, 3.05) is 5.32 Å². The number of nitrogens with zero attached hydrogens (tertiary/aromatic N) is 2. The lowest BCUT2D eigenvalue weighted by molar-refractivity contribution is -0.115. The van der Waals surface area contributed by atoms with Crippen molar-refractivity contribution in [2.45, 2.75) is 17.2 Å². The van der Waals surface area contributed by atoms with Crippen LogP contribution in [0.3, 0.4) is 0 Å². The molecule has 0 unspecified atom stereocenters. The number of aromatic hydroxyl groups is 1. The normalized spacial score (nSPS) is 11.7. The topological polar surface area (TPSA) is 75.1 Å². The van der Waals surface area contributed by atoms with E-state index in [1.807, 2.05) is 43.3 Å². The maximum atomic E-state index is 12.3. The first-order chi connectivity index (χ1) is 12.1. The molecule has 6 heteroatoms. The second kappa shape index (κ2) is 7.81. The van der Waals surface area contributed by atoms with E-state index in [0.717, 1.165) is 16.3 Å². The van der Waals surface area contributed by atoms with Gasteiger partial charge in [-0.15, -0.1) is 0 Å². The summed E-state index contributed by atoms with van der Waals surface area (Å²) < 4.78 is 0. The van der Waals surface area contributed by atoms with E-state index in [0.29, 0.717) is 5.69 Å². The third-order valence-electron chi connectivity index (χ3n) is 3.51. The predicted octanol–water partition coefficient (Wildman–Crippen LogP) is 3.97. The van der Waals surface area contributed by atoms with Crippen LogP contribution in [0, 0.1) is 0 Å². The molecule has 0 aliphatic heterocycles. The molecule has 0 saturated heterocycles. The summed E-state index contributed by atoms with van der Waals surface area (Å²) in [6.07, 6.45) is 1.51. The molecule has 0 spiro atoms. The van der Waals surface area contributed by atoms with Crippen LogP contribution in [-0.4, -0.2) is 26.2 Å². The van der Waals surface area contributed by atoms with Crippen LogP contribution in [-0.2, 0) is 4.79 Å². The highest BCUT2D eigenvalue weighted by atomic mass is 32.2. The number of carbonyl (C=O) groups excluding carboxylic acids is 1. The van der Waals surface area contributed by atoms with Crippen molar-refractivity contribution in [3.05, 3.63) is 67.0 Å². The van der Waals surface area contributed by atoms with Crippen LogP contribution >= 0.6 is 11.8 Å². The van der Waals surface area contributed by atoms with Gasteiger partial charge in [-0.25, -0.2) is 9.97 Å². The third kappa shape index (κ3) is 4.58. The highest BCUT2D eigenvalue weighted by Crippen LogP contribution is 2.26. The van der Waals surface area contributed by atoms with Crippen LogP contribution < -0.4 is 5.32 Å². The lowest BCUT2D eigenvalue weighted by Gasteiger charge is -2.12. The van der Waals surface area contributed by atoms with E-state index in [1.165, 1.54) is 30.2 Å². The van der Waals surface area contributed by atoms with Crippen molar-refractivity contribution in [3.8, 4) is 17.0 Å². The van der Waals surface area contributed by atoms with E-state index in [9.17, 15) is 9.90 Å². The van der Waals surface area contributed by atoms with Crippen molar-refractivity contribution >= 4 is 23.4 Å². The molecule has 2 aromatic carbocycles. The van der Waals surface area contributed by atoms with Gasteiger partial charge in [-0.2, -0.15) is 0 Å². The van der Waals surface area contributed by atoms with Gasteiger partial charge in [-0.05, 0) is 37.3 Å². The van der Waals surface area contributed by atoms with Crippen molar-refractivity contribution < 1.29 is 9.90 Å².